The number of anilines is 1. The summed E-state index contributed by atoms with van der Waals surface area (Å²) in [7, 11) is 3.19. The lowest BCUT2D eigenvalue weighted by molar-refractivity contribution is 0.162. The molecule has 2 aromatic rings. The highest BCUT2D eigenvalue weighted by atomic mass is 16.5. The van der Waals surface area contributed by atoms with Gasteiger partial charge in [-0.2, -0.15) is 0 Å². The van der Waals surface area contributed by atoms with Gasteiger partial charge in [0.25, 0.3) is 0 Å². The lowest BCUT2D eigenvalue weighted by Crippen LogP contribution is -2.12. The highest BCUT2D eigenvalue weighted by molar-refractivity contribution is 5.59. The van der Waals surface area contributed by atoms with Crippen LogP contribution < -0.4 is 14.8 Å². The Balaban J connectivity index is 2.05. The summed E-state index contributed by atoms with van der Waals surface area (Å²) in [6.07, 6.45) is 0.816. The van der Waals surface area contributed by atoms with Crippen LogP contribution in [0.2, 0.25) is 0 Å². The van der Waals surface area contributed by atoms with Crippen LogP contribution in [0.15, 0.2) is 41.0 Å². The van der Waals surface area contributed by atoms with Gasteiger partial charge in [0.05, 0.1) is 26.2 Å². The van der Waals surface area contributed by atoms with Crippen LogP contribution in [-0.4, -0.2) is 25.9 Å². The molecule has 0 aliphatic heterocycles. The third-order valence-electron chi connectivity index (χ3n) is 2.76. The second-order valence-corrected chi connectivity index (χ2v) is 3.98. The highest BCUT2D eigenvalue weighted by Crippen LogP contribution is 2.29. The molecular formula is C14H17NO4. The molecule has 1 atom stereocenters. The monoisotopic (exact) mass is 263 g/mol. The van der Waals surface area contributed by atoms with E-state index < -0.39 is 6.10 Å². The first kappa shape index (κ1) is 13.3. The molecule has 0 radical (unpaired) electrons. The lowest BCUT2D eigenvalue weighted by atomic mass is 10.2. The maximum atomic E-state index is 9.93. The number of benzene rings is 1. The Morgan fingerprint density at radius 1 is 1.26 bits per heavy atom. The van der Waals surface area contributed by atoms with Gasteiger partial charge in [0.1, 0.15) is 23.4 Å². The SMILES string of the molecule is COc1ccc(OC)c(NCC(O)c2ccco2)c1. The number of furan rings is 1. The molecular weight excluding hydrogens is 246 g/mol. The molecule has 5 heteroatoms. The molecule has 0 spiro atoms. The van der Waals surface area contributed by atoms with Crippen molar-refractivity contribution in [1.29, 1.82) is 0 Å². The molecule has 1 unspecified atom stereocenters. The van der Waals surface area contributed by atoms with Gasteiger partial charge in [0, 0.05) is 12.6 Å². The van der Waals surface area contributed by atoms with Gasteiger partial charge in [-0.15, -0.1) is 0 Å². The van der Waals surface area contributed by atoms with Gasteiger partial charge < -0.3 is 24.3 Å². The lowest BCUT2D eigenvalue weighted by Gasteiger charge is -2.14. The van der Waals surface area contributed by atoms with Gasteiger partial charge >= 0.3 is 0 Å². The quantitative estimate of drug-likeness (QED) is 0.838. The summed E-state index contributed by atoms with van der Waals surface area (Å²) in [5, 5.41) is 13.0. The molecule has 1 aromatic heterocycles. The Hall–Kier alpha value is -2.14. The second-order valence-electron chi connectivity index (χ2n) is 3.98. The van der Waals surface area contributed by atoms with E-state index in [0.717, 1.165) is 11.4 Å². The Kier molecular flexibility index (Phi) is 4.30. The number of aliphatic hydroxyl groups is 1. The molecule has 0 fully saturated rings. The Morgan fingerprint density at radius 3 is 2.74 bits per heavy atom. The van der Waals surface area contributed by atoms with Crippen LogP contribution in [0, 0.1) is 0 Å². The van der Waals surface area contributed by atoms with E-state index in [0.29, 0.717) is 18.1 Å². The first-order valence-electron chi connectivity index (χ1n) is 5.92. The van der Waals surface area contributed by atoms with Crippen LogP contribution in [0.5, 0.6) is 11.5 Å². The number of nitrogens with one attached hydrogen (secondary N) is 1. The molecule has 102 valence electrons. The average Bonchev–Trinajstić information content (AvgIpc) is 2.98. The van der Waals surface area contributed by atoms with E-state index in [-0.39, 0.29) is 0 Å². The molecule has 0 saturated carbocycles. The topological polar surface area (TPSA) is 63.9 Å². The van der Waals surface area contributed by atoms with Crippen molar-refractivity contribution in [3.63, 3.8) is 0 Å². The molecule has 0 aliphatic carbocycles. The Bertz CT molecular complexity index is 510. The van der Waals surface area contributed by atoms with Crippen LogP contribution in [-0.2, 0) is 0 Å². The maximum absolute atomic E-state index is 9.93. The second kappa shape index (κ2) is 6.15. The van der Waals surface area contributed by atoms with Gasteiger partial charge in [0.2, 0.25) is 0 Å². The fourth-order valence-electron chi connectivity index (χ4n) is 1.74. The normalized spacial score (nSPS) is 11.9. The Labute approximate surface area is 111 Å². The van der Waals surface area contributed by atoms with E-state index in [2.05, 4.69) is 5.32 Å². The van der Waals surface area contributed by atoms with Gasteiger partial charge in [-0.05, 0) is 24.3 Å². The van der Waals surface area contributed by atoms with Crippen LogP contribution in [0.1, 0.15) is 11.9 Å². The molecule has 5 nitrogen and oxygen atoms in total. The summed E-state index contributed by atoms with van der Waals surface area (Å²) < 4.78 is 15.5. The summed E-state index contributed by atoms with van der Waals surface area (Å²) in [5.74, 6) is 1.93. The van der Waals surface area contributed by atoms with Crippen molar-refractivity contribution in [2.75, 3.05) is 26.1 Å². The number of hydrogen-bond donors (Lipinski definition) is 2. The predicted molar refractivity (Wildman–Crippen MR) is 71.7 cm³/mol. The number of methoxy groups -OCH3 is 2. The summed E-state index contributed by atoms with van der Waals surface area (Å²) in [4.78, 5) is 0. The molecule has 1 aromatic carbocycles. The minimum atomic E-state index is -0.717. The van der Waals surface area contributed by atoms with Crippen molar-refractivity contribution in [3.8, 4) is 11.5 Å². The fourth-order valence-corrected chi connectivity index (χ4v) is 1.74. The van der Waals surface area contributed by atoms with Gasteiger partial charge in [-0.3, -0.25) is 0 Å². The zero-order chi connectivity index (χ0) is 13.7. The minimum Gasteiger partial charge on any atom is -0.497 e. The minimum absolute atomic E-state index is 0.317. The van der Waals surface area contributed by atoms with E-state index in [1.807, 2.05) is 12.1 Å². The van der Waals surface area contributed by atoms with Crippen molar-refractivity contribution in [2.24, 2.45) is 0 Å². The number of hydrogen-bond acceptors (Lipinski definition) is 5. The summed E-state index contributed by atoms with van der Waals surface area (Å²) in [6, 6.07) is 8.90. The number of ether oxygens (including phenoxy) is 2. The largest absolute Gasteiger partial charge is 0.497 e. The van der Waals surface area contributed by atoms with Crippen molar-refractivity contribution < 1.29 is 19.0 Å². The number of aliphatic hydroxyl groups excluding tert-OH is 1. The highest BCUT2D eigenvalue weighted by Gasteiger charge is 2.12. The van der Waals surface area contributed by atoms with Gasteiger partial charge in [-0.25, -0.2) is 0 Å². The van der Waals surface area contributed by atoms with Crippen LogP contribution >= 0.6 is 0 Å². The summed E-state index contributed by atoms with van der Waals surface area (Å²) in [6.45, 7) is 0.317. The van der Waals surface area contributed by atoms with E-state index in [4.69, 9.17) is 13.9 Å². The standard InChI is InChI=1S/C14H17NO4/c1-17-10-5-6-13(18-2)11(8-10)15-9-12(16)14-4-3-7-19-14/h3-8,12,15-16H,9H2,1-2H3. The Morgan fingerprint density at radius 2 is 2.11 bits per heavy atom. The fraction of sp³-hybridized carbons (Fsp3) is 0.286. The maximum Gasteiger partial charge on any atom is 0.142 e. The van der Waals surface area contributed by atoms with Gasteiger partial charge in [0.15, 0.2) is 0 Å². The van der Waals surface area contributed by atoms with Gasteiger partial charge in [-0.1, -0.05) is 0 Å². The molecule has 2 rings (SSSR count). The molecule has 0 bridgehead atoms. The zero-order valence-corrected chi connectivity index (χ0v) is 10.9. The molecule has 0 saturated heterocycles. The van der Waals surface area contributed by atoms with Crippen molar-refractivity contribution in [1.82, 2.24) is 0 Å². The van der Waals surface area contributed by atoms with E-state index in [1.165, 1.54) is 6.26 Å². The number of rotatable bonds is 6. The molecule has 0 aliphatic rings. The van der Waals surface area contributed by atoms with E-state index in [1.54, 1.807) is 32.4 Å². The molecule has 0 amide bonds. The average molecular weight is 263 g/mol. The third-order valence-corrected chi connectivity index (χ3v) is 2.76. The molecule has 19 heavy (non-hydrogen) atoms. The summed E-state index contributed by atoms with van der Waals surface area (Å²) in [5.41, 5.74) is 0.757. The first-order chi connectivity index (χ1) is 9.24. The van der Waals surface area contributed by atoms with Crippen LogP contribution in [0.4, 0.5) is 5.69 Å². The summed E-state index contributed by atoms with van der Waals surface area (Å²) >= 11 is 0. The molecule has 1 heterocycles. The van der Waals surface area contributed by atoms with Crippen LogP contribution in [0.25, 0.3) is 0 Å². The van der Waals surface area contributed by atoms with Crippen LogP contribution in [0.3, 0.4) is 0 Å². The van der Waals surface area contributed by atoms with Crippen molar-refractivity contribution >= 4 is 5.69 Å². The third kappa shape index (κ3) is 3.20. The smallest absolute Gasteiger partial charge is 0.142 e. The van der Waals surface area contributed by atoms with E-state index in [9.17, 15) is 5.11 Å². The zero-order valence-electron chi connectivity index (χ0n) is 10.9. The van der Waals surface area contributed by atoms with Crippen molar-refractivity contribution in [2.45, 2.75) is 6.10 Å². The van der Waals surface area contributed by atoms with Crippen molar-refractivity contribution in [3.05, 3.63) is 42.4 Å². The molecule has 2 N–H and O–H groups in total. The van der Waals surface area contributed by atoms with E-state index >= 15 is 0 Å². The first-order valence-corrected chi connectivity index (χ1v) is 5.92. The predicted octanol–water partition coefficient (Wildman–Crippen LogP) is 2.44.